The lowest BCUT2D eigenvalue weighted by molar-refractivity contribution is -0.125. The van der Waals surface area contributed by atoms with E-state index in [0.717, 1.165) is 11.3 Å². The predicted molar refractivity (Wildman–Crippen MR) is 142 cm³/mol. The molecule has 0 aromatic heterocycles. The van der Waals surface area contributed by atoms with Crippen LogP contribution < -0.4 is 29.2 Å². The molecule has 0 bridgehead atoms. The summed E-state index contributed by atoms with van der Waals surface area (Å²) >= 11 is 0. The normalized spacial score (nSPS) is 17.2. The van der Waals surface area contributed by atoms with Gasteiger partial charge >= 0.3 is 0 Å². The van der Waals surface area contributed by atoms with Gasteiger partial charge in [0, 0.05) is 17.8 Å². The van der Waals surface area contributed by atoms with Gasteiger partial charge in [-0.25, -0.2) is 0 Å². The molecule has 194 valence electrons. The zero-order valence-corrected chi connectivity index (χ0v) is 21.5. The minimum Gasteiger partial charge on any atom is -0.497 e. The van der Waals surface area contributed by atoms with Crippen molar-refractivity contribution in [1.82, 2.24) is 0 Å². The average molecular weight is 505 g/mol. The van der Waals surface area contributed by atoms with Crippen LogP contribution in [-0.4, -0.2) is 39.8 Å². The van der Waals surface area contributed by atoms with Gasteiger partial charge < -0.3 is 29.2 Å². The number of hydrogen-bond acceptors (Lipinski definition) is 6. The molecule has 8 nitrogen and oxygen atoms in total. The van der Waals surface area contributed by atoms with Crippen LogP contribution in [0.2, 0.25) is 0 Å². The molecule has 8 heteroatoms. The van der Waals surface area contributed by atoms with Gasteiger partial charge in [0.2, 0.25) is 11.8 Å². The first-order chi connectivity index (χ1) is 18.0. The molecule has 0 spiro atoms. The first-order valence-corrected chi connectivity index (χ1v) is 12.2. The van der Waals surface area contributed by atoms with Crippen molar-refractivity contribution in [2.24, 2.45) is 5.92 Å². The molecule has 1 N–H and O–H groups in total. The average Bonchev–Trinajstić information content (AvgIpc) is 2.93. The molecule has 3 aromatic rings. The second kappa shape index (κ2) is 11.7. The topological polar surface area (TPSA) is 86.3 Å². The van der Waals surface area contributed by atoms with Crippen molar-refractivity contribution in [2.45, 2.75) is 25.8 Å². The van der Waals surface area contributed by atoms with Gasteiger partial charge in [-0.2, -0.15) is 0 Å². The number of hydrogen-bond donors (Lipinski definition) is 1. The lowest BCUT2D eigenvalue weighted by Gasteiger charge is -2.41. The maximum atomic E-state index is 13.7. The second-order valence-corrected chi connectivity index (χ2v) is 8.61. The molecular formula is C29H32N2O6. The number of anilines is 2. The number of methoxy groups -OCH3 is 3. The van der Waals surface area contributed by atoms with Crippen molar-refractivity contribution in [3.05, 3.63) is 72.3 Å². The van der Waals surface area contributed by atoms with E-state index in [2.05, 4.69) is 5.32 Å². The summed E-state index contributed by atoms with van der Waals surface area (Å²) in [5.74, 6) is 1.77. The standard InChI is InChI=1S/C29H32N2O6/c1-5-37-23-11-7-20(8-12-23)30-29(33)24-15-17-27(32)31(21-9-13-22(34-2)14-10-21)28(24)19-6-16-25(35-3)26(18-19)36-4/h6-14,16,18,24,28H,5,15,17H2,1-4H3,(H,30,33). The summed E-state index contributed by atoms with van der Waals surface area (Å²) in [5.41, 5.74) is 2.12. The molecule has 0 saturated carbocycles. The molecule has 1 aliphatic rings. The fourth-order valence-electron chi connectivity index (χ4n) is 4.67. The van der Waals surface area contributed by atoms with E-state index in [-0.39, 0.29) is 18.2 Å². The Morgan fingerprint density at radius 1 is 0.892 bits per heavy atom. The van der Waals surface area contributed by atoms with Crippen molar-refractivity contribution in [3.8, 4) is 23.0 Å². The van der Waals surface area contributed by atoms with Crippen molar-refractivity contribution >= 4 is 23.2 Å². The van der Waals surface area contributed by atoms with E-state index in [1.165, 1.54) is 0 Å². The maximum absolute atomic E-state index is 13.7. The number of rotatable bonds is 9. The monoisotopic (exact) mass is 504 g/mol. The summed E-state index contributed by atoms with van der Waals surface area (Å²) < 4.78 is 21.7. The Bertz CT molecular complexity index is 1230. The summed E-state index contributed by atoms with van der Waals surface area (Å²) in [6, 6.07) is 19.5. The Hall–Kier alpha value is -4.20. The lowest BCUT2D eigenvalue weighted by atomic mass is 9.83. The molecule has 2 unspecified atom stereocenters. The van der Waals surface area contributed by atoms with Crippen LogP contribution in [0.25, 0.3) is 0 Å². The van der Waals surface area contributed by atoms with E-state index in [1.807, 2.05) is 55.5 Å². The third-order valence-corrected chi connectivity index (χ3v) is 6.47. The number of amides is 2. The Balaban J connectivity index is 1.73. The fraction of sp³-hybridized carbons (Fsp3) is 0.310. The summed E-state index contributed by atoms with van der Waals surface area (Å²) in [5, 5.41) is 3.03. The molecule has 1 aliphatic heterocycles. The van der Waals surface area contributed by atoms with Crippen molar-refractivity contribution in [2.75, 3.05) is 38.2 Å². The van der Waals surface area contributed by atoms with Gasteiger partial charge in [-0.15, -0.1) is 0 Å². The molecule has 3 aromatic carbocycles. The van der Waals surface area contributed by atoms with Crippen LogP contribution in [0.3, 0.4) is 0 Å². The number of benzene rings is 3. The largest absolute Gasteiger partial charge is 0.497 e. The van der Waals surface area contributed by atoms with Crippen LogP contribution in [0.4, 0.5) is 11.4 Å². The van der Waals surface area contributed by atoms with E-state index in [1.54, 1.807) is 44.4 Å². The highest BCUT2D eigenvalue weighted by Gasteiger charge is 2.42. The van der Waals surface area contributed by atoms with Crippen LogP contribution in [0.15, 0.2) is 66.7 Å². The number of carbonyl (C=O) groups is 2. The Morgan fingerprint density at radius 2 is 1.57 bits per heavy atom. The first-order valence-electron chi connectivity index (χ1n) is 12.2. The quantitative estimate of drug-likeness (QED) is 0.429. The molecule has 0 radical (unpaired) electrons. The molecule has 1 heterocycles. The highest BCUT2D eigenvalue weighted by molar-refractivity contribution is 6.00. The minimum atomic E-state index is -0.558. The van der Waals surface area contributed by atoms with Crippen molar-refractivity contribution < 1.29 is 28.5 Å². The Morgan fingerprint density at radius 3 is 2.19 bits per heavy atom. The number of nitrogens with zero attached hydrogens (tertiary/aromatic N) is 1. The Kier molecular flexibility index (Phi) is 8.18. The zero-order chi connectivity index (χ0) is 26.4. The summed E-state index contributed by atoms with van der Waals surface area (Å²) in [6.07, 6.45) is 0.657. The highest BCUT2D eigenvalue weighted by atomic mass is 16.5. The molecule has 2 atom stereocenters. The fourth-order valence-corrected chi connectivity index (χ4v) is 4.67. The summed E-state index contributed by atoms with van der Waals surface area (Å²) in [6.45, 7) is 2.49. The number of ether oxygens (including phenoxy) is 4. The van der Waals surface area contributed by atoms with Crippen LogP contribution >= 0.6 is 0 Å². The van der Waals surface area contributed by atoms with E-state index >= 15 is 0 Å². The molecule has 1 saturated heterocycles. The molecule has 37 heavy (non-hydrogen) atoms. The van der Waals surface area contributed by atoms with Crippen LogP contribution in [0.5, 0.6) is 23.0 Å². The van der Waals surface area contributed by atoms with E-state index in [4.69, 9.17) is 18.9 Å². The minimum absolute atomic E-state index is 0.0601. The molecule has 2 amide bonds. The van der Waals surface area contributed by atoms with Crippen molar-refractivity contribution in [1.29, 1.82) is 0 Å². The van der Waals surface area contributed by atoms with Gasteiger partial charge in [0.1, 0.15) is 11.5 Å². The van der Waals surface area contributed by atoms with Gasteiger partial charge in [-0.3, -0.25) is 9.59 Å². The maximum Gasteiger partial charge on any atom is 0.229 e. The van der Waals surface area contributed by atoms with E-state index in [9.17, 15) is 9.59 Å². The summed E-state index contributed by atoms with van der Waals surface area (Å²) in [7, 11) is 4.72. The number of nitrogens with one attached hydrogen (secondary N) is 1. The molecule has 1 fully saturated rings. The zero-order valence-electron chi connectivity index (χ0n) is 21.5. The van der Waals surface area contributed by atoms with Gasteiger partial charge in [0.15, 0.2) is 11.5 Å². The Labute approximate surface area is 217 Å². The van der Waals surface area contributed by atoms with Crippen LogP contribution in [0, 0.1) is 5.92 Å². The summed E-state index contributed by atoms with van der Waals surface area (Å²) in [4.78, 5) is 28.7. The number of carbonyl (C=O) groups excluding carboxylic acids is 2. The predicted octanol–water partition coefficient (Wildman–Crippen LogP) is 5.23. The van der Waals surface area contributed by atoms with Gasteiger partial charge in [0.25, 0.3) is 0 Å². The van der Waals surface area contributed by atoms with E-state index in [0.29, 0.717) is 41.7 Å². The first kappa shape index (κ1) is 25.9. The lowest BCUT2D eigenvalue weighted by Crippen LogP contribution is -2.47. The van der Waals surface area contributed by atoms with Gasteiger partial charge in [-0.1, -0.05) is 6.07 Å². The third-order valence-electron chi connectivity index (χ3n) is 6.47. The third kappa shape index (κ3) is 5.63. The van der Waals surface area contributed by atoms with Crippen LogP contribution in [-0.2, 0) is 9.59 Å². The smallest absolute Gasteiger partial charge is 0.229 e. The van der Waals surface area contributed by atoms with Crippen LogP contribution in [0.1, 0.15) is 31.4 Å². The van der Waals surface area contributed by atoms with Gasteiger partial charge in [0.05, 0.1) is 39.9 Å². The number of piperidine rings is 1. The van der Waals surface area contributed by atoms with Gasteiger partial charge in [-0.05, 0) is 79.6 Å². The molecule has 0 aliphatic carbocycles. The van der Waals surface area contributed by atoms with E-state index < -0.39 is 12.0 Å². The van der Waals surface area contributed by atoms with Crippen molar-refractivity contribution in [3.63, 3.8) is 0 Å². The highest BCUT2D eigenvalue weighted by Crippen LogP contribution is 2.43. The molecule has 4 rings (SSSR count). The second-order valence-electron chi connectivity index (χ2n) is 8.61. The SMILES string of the molecule is CCOc1ccc(NC(=O)C2CCC(=O)N(c3ccc(OC)cc3)C2c2ccc(OC)c(OC)c2)cc1. The molecular weight excluding hydrogens is 472 g/mol.